The number of hydrogen-bond acceptors (Lipinski definition) is 9. The van der Waals surface area contributed by atoms with Crippen LogP contribution in [0, 0.1) is 49.3 Å². The zero-order chi connectivity index (χ0) is 43.7. The summed E-state index contributed by atoms with van der Waals surface area (Å²) >= 11 is 0. The van der Waals surface area contributed by atoms with E-state index in [-0.39, 0.29) is 40.8 Å². The summed E-state index contributed by atoms with van der Waals surface area (Å²) < 4.78 is 102. The summed E-state index contributed by atoms with van der Waals surface area (Å²) in [6.07, 6.45) is 0. The Hall–Kier alpha value is -7.97. The number of fused-ring (bicyclic) bond motifs is 8. The summed E-state index contributed by atoms with van der Waals surface area (Å²) in [5.74, 6) is -10.3. The molecule has 1 aromatic heterocycles. The molecule has 0 saturated heterocycles. The quantitative estimate of drug-likeness (QED) is 0.0481. The predicted molar refractivity (Wildman–Crippen MR) is 226 cm³/mol. The van der Waals surface area contributed by atoms with Crippen LogP contribution in [0.3, 0.4) is 0 Å². The Morgan fingerprint density at radius 1 is 0.556 bits per heavy atom. The highest BCUT2D eigenvalue weighted by Gasteiger charge is 2.31. The monoisotopic (exact) mass is 873 g/mol. The van der Waals surface area contributed by atoms with Crippen LogP contribution in [-0.4, -0.2) is 16.6 Å². The summed E-state index contributed by atoms with van der Waals surface area (Å²) in [6, 6.07) is 34.2. The Balaban J connectivity index is 1.41. The summed E-state index contributed by atoms with van der Waals surface area (Å²) in [6.45, 7) is -1.15. The molecular formula is C46H25F5N3O8P. The molecule has 0 radical (unpaired) electrons. The normalized spacial score (nSPS) is 12.1. The lowest BCUT2D eigenvalue weighted by Crippen LogP contribution is -2.18. The molecule has 0 unspecified atom stereocenters. The van der Waals surface area contributed by atoms with Crippen LogP contribution in [-0.2, 0) is 6.54 Å². The molecule has 0 N–H and O–H groups in total. The van der Waals surface area contributed by atoms with E-state index in [4.69, 9.17) is 17.9 Å². The number of anilines is 1. The minimum atomic E-state index is -2.80. The zero-order valence-electron chi connectivity index (χ0n) is 32.0. The first kappa shape index (κ1) is 39.2. The maximum atomic E-state index is 15.8. The van der Waals surface area contributed by atoms with Crippen LogP contribution < -0.4 is 14.1 Å². The molecule has 17 heteroatoms. The minimum Gasteiger partial charge on any atom is -0.454 e. The van der Waals surface area contributed by atoms with Crippen LogP contribution in [0.1, 0.15) is 5.56 Å². The van der Waals surface area contributed by atoms with Crippen molar-refractivity contribution in [3.05, 3.63) is 182 Å². The third-order valence-electron chi connectivity index (χ3n) is 10.8. The second-order valence-electron chi connectivity index (χ2n) is 14.4. The summed E-state index contributed by atoms with van der Waals surface area (Å²) in [7, 11) is -2.80. The maximum Gasteiger partial charge on any atom is 0.342 e. The fourth-order valence-corrected chi connectivity index (χ4v) is 9.29. The van der Waals surface area contributed by atoms with Crippen molar-refractivity contribution in [1.82, 2.24) is 0 Å². The third-order valence-corrected chi connectivity index (χ3v) is 12.3. The molecule has 0 fully saturated rings. The van der Waals surface area contributed by atoms with Gasteiger partial charge < -0.3 is 17.9 Å². The van der Waals surface area contributed by atoms with Crippen LogP contribution in [0.25, 0.3) is 65.7 Å². The van der Waals surface area contributed by atoms with Crippen molar-refractivity contribution in [2.24, 2.45) is 0 Å². The molecule has 0 amide bonds. The second kappa shape index (κ2) is 15.2. The van der Waals surface area contributed by atoms with Crippen LogP contribution >= 0.6 is 8.16 Å². The van der Waals surface area contributed by atoms with E-state index in [1.165, 1.54) is 71.4 Å². The highest BCUT2D eigenvalue weighted by atomic mass is 31.1. The van der Waals surface area contributed by atoms with E-state index in [0.29, 0.717) is 60.3 Å². The lowest BCUT2D eigenvalue weighted by Gasteiger charge is -2.22. The number of non-ortho nitro benzene ring substituents is 2. The van der Waals surface area contributed by atoms with E-state index in [1.807, 2.05) is 60.7 Å². The van der Waals surface area contributed by atoms with Gasteiger partial charge in [0, 0.05) is 52.2 Å². The molecule has 63 heavy (non-hydrogen) atoms. The van der Waals surface area contributed by atoms with Gasteiger partial charge >= 0.3 is 8.16 Å². The van der Waals surface area contributed by atoms with Crippen LogP contribution in [0.5, 0.6) is 11.5 Å². The van der Waals surface area contributed by atoms with Crippen molar-refractivity contribution in [2.75, 3.05) is 11.5 Å². The molecule has 11 nitrogen and oxygen atoms in total. The number of halogens is 5. The molecular weight excluding hydrogens is 848 g/mol. The first-order valence-corrected chi connectivity index (χ1v) is 20.0. The minimum absolute atomic E-state index is 0.106. The van der Waals surface area contributed by atoms with Crippen molar-refractivity contribution in [2.45, 2.75) is 6.54 Å². The Labute approximate surface area is 351 Å². The molecule has 0 aliphatic carbocycles. The van der Waals surface area contributed by atoms with Gasteiger partial charge in [0.05, 0.1) is 27.6 Å². The SMILES string of the molecule is O=[N+]([O-])c1ccc(-c2cc3ccccc3c3c2op(N(Cc2c(F)c(F)c(F)c(F)c2F)c2ccc4c(c2)OCO4)oc2c(-c4ccc([N+](=O)[O-])cc4)cc4ccccc4c23)cc1. The molecule has 0 spiro atoms. The van der Waals surface area contributed by atoms with Crippen molar-refractivity contribution < 1.29 is 49.7 Å². The number of nitro groups is 2. The number of rotatable bonds is 8. The highest BCUT2D eigenvalue weighted by molar-refractivity contribution is 7.39. The number of nitrogens with zero attached hydrogens (tertiary/aromatic N) is 3. The van der Waals surface area contributed by atoms with Crippen LogP contribution in [0.2, 0.25) is 0 Å². The molecule has 312 valence electrons. The van der Waals surface area contributed by atoms with Gasteiger partial charge in [-0.25, -0.2) is 22.0 Å². The Kier molecular flexibility index (Phi) is 9.44. The number of hydrogen-bond donors (Lipinski definition) is 0. The lowest BCUT2D eigenvalue weighted by molar-refractivity contribution is -0.385. The van der Waals surface area contributed by atoms with E-state index in [1.54, 1.807) is 0 Å². The smallest absolute Gasteiger partial charge is 0.342 e. The number of ether oxygens (including phenoxy) is 2. The Morgan fingerprint density at radius 3 is 1.51 bits per heavy atom. The first-order chi connectivity index (χ1) is 30.5. The fraction of sp³-hybridized carbons (Fsp3) is 0.0435. The molecule has 0 bridgehead atoms. The van der Waals surface area contributed by atoms with Gasteiger partial charge in [-0.15, -0.1) is 0 Å². The lowest BCUT2D eigenvalue weighted by atomic mass is 9.91. The van der Waals surface area contributed by atoms with Gasteiger partial charge in [0.25, 0.3) is 11.4 Å². The van der Waals surface area contributed by atoms with Crippen molar-refractivity contribution in [1.29, 1.82) is 0 Å². The van der Waals surface area contributed by atoms with Gasteiger partial charge in [0.15, 0.2) is 45.9 Å². The molecule has 9 aromatic rings. The van der Waals surface area contributed by atoms with Gasteiger partial charge in [0.1, 0.15) is 0 Å². The highest BCUT2D eigenvalue weighted by Crippen LogP contribution is 2.51. The molecule has 1 aliphatic heterocycles. The molecule has 1 aliphatic rings. The van der Waals surface area contributed by atoms with E-state index in [2.05, 4.69) is 0 Å². The summed E-state index contributed by atoms with van der Waals surface area (Å²) in [5.41, 5.74) is 0.612. The Bertz CT molecular complexity index is 3250. The van der Waals surface area contributed by atoms with E-state index < -0.39 is 59.2 Å². The first-order valence-electron chi connectivity index (χ1n) is 18.9. The molecule has 0 atom stereocenters. The van der Waals surface area contributed by atoms with Gasteiger partial charge in [0.2, 0.25) is 12.6 Å². The topological polar surface area (TPSA) is 134 Å². The number of benzene rings is 8. The standard InChI is InChI=1S/C46H25F5N3O8P/c47-40-35(41(48)43(50)44(51)42(40)49)22-52(30-17-18-36-37(21-30)60-23-59-36)63-61-45-33(24-9-13-28(14-10-24)53(55)56)19-26-5-1-3-7-31(26)38(45)39-32-8-4-2-6-27(32)20-34(46(39)62-63)25-11-15-29(16-12-25)54(57)58/h1-21H,22-23H2. The summed E-state index contributed by atoms with van der Waals surface area (Å²) in [4.78, 5) is 22.4. The molecule has 0 saturated carbocycles. The predicted octanol–water partition coefficient (Wildman–Crippen LogP) is 13.6. The van der Waals surface area contributed by atoms with E-state index in [9.17, 15) is 33.4 Å². The fourth-order valence-electron chi connectivity index (χ4n) is 7.80. The van der Waals surface area contributed by atoms with Crippen LogP contribution in [0.15, 0.2) is 136 Å². The van der Waals surface area contributed by atoms with E-state index in [0.717, 1.165) is 0 Å². The van der Waals surface area contributed by atoms with Crippen molar-refractivity contribution in [3.8, 4) is 33.8 Å². The van der Waals surface area contributed by atoms with Crippen molar-refractivity contribution in [3.63, 3.8) is 0 Å². The van der Waals surface area contributed by atoms with Gasteiger partial charge in [-0.05, 0) is 81.2 Å². The van der Waals surface area contributed by atoms with Crippen molar-refractivity contribution >= 4 is 68.7 Å². The number of nitro benzene ring substituents is 2. The van der Waals surface area contributed by atoms with Gasteiger partial charge in [-0.1, -0.05) is 48.5 Å². The average Bonchev–Trinajstić information content (AvgIpc) is 3.70. The second-order valence-corrected chi connectivity index (χ2v) is 15.7. The molecule has 2 heterocycles. The maximum absolute atomic E-state index is 15.8. The van der Waals surface area contributed by atoms with E-state index >= 15 is 8.78 Å². The summed E-state index contributed by atoms with van der Waals surface area (Å²) in [5, 5.41) is 27.2. The third kappa shape index (κ3) is 6.59. The van der Waals surface area contributed by atoms with Gasteiger partial charge in [-0.3, -0.25) is 24.9 Å². The average molecular weight is 874 g/mol. The molecule has 8 aromatic carbocycles. The largest absolute Gasteiger partial charge is 0.454 e. The molecule has 10 rings (SSSR count). The zero-order valence-corrected chi connectivity index (χ0v) is 32.9. The van der Waals surface area contributed by atoms with Gasteiger partial charge in [-0.2, -0.15) is 0 Å². The van der Waals surface area contributed by atoms with Crippen LogP contribution in [0.4, 0.5) is 39.0 Å². The Morgan fingerprint density at radius 2 is 1.02 bits per heavy atom.